The summed E-state index contributed by atoms with van der Waals surface area (Å²) in [7, 11) is 0. The molecule has 150 valence electrons. The Morgan fingerprint density at radius 3 is 2.53 bits per heavy atom. The van der Waals surface area contributed by atoms with Crippen molar-refractivity contribution in [2.75, 3.05) is 11.9 Å². The van der Waals surface area contributed by atoms with Crippen LogP contribution in [0.1, 0.15) is 5.56 Å². The van der Waals surface area contributed by atoms with Crippen LogP contribution < -0.4 is 15.7 Å². The van der Waals surface area contributed by atoms with E-state index in [2.05, 4.69) is 5.32 Å². The van der Waals surface area contributed by atoms with Gasteiger partial charge in [-0.3, -0.25) is 4.79 Å². The first-order valence-electron chi connectivity index (χ1n) is 9.33. The number of hydrogen-bond acceptors (Lipinski definition) is 4. The zero-order chi connectivity index (χ0) is 21.1. The molecule has 0 radical (unpaired) electrons. The van der Waals surface area contributed by atoms with Gasteiger partial charge in [-0.1, -0.05) is 54.1 Å². The molecule has 6 heteroatoms. The molecule has 0 aliphatic heterocycles. The minimum absolute atomic E-state index is 0.208. The molecule has 1 heterocycles. The van der Waals surface area contributed by atoms with Crippen molar-refractivity contribution >= 4 is 34.2 Å². The number of fused-ring (bicyclic) bond motifs is 1. The molecule has 0 saturated heterocycles. The van der Waals surface area contributed by atoms with E-state index < -0.39 is 5.63 Å². The number of amides is 1. The molecule has 4 aromatic rings. The highest BCUT2D eigenvalue weighted by molar-refractivity contribution is 6.33. The van der Waals surface area contributed by atoms with Crippen LogP contribution in [0.25, 0.3) is 22.1 Å². The maximum atomic E-state index is 12.2. The average Bonchev–Trinajstić information content (AvgIpc) is 2.75. The lowest BCUT2D eigenvalue weighted by atomic mass is 10.0. The predicted octanol–water partition coefficient (Wildman–Crippen LogP) is 5.44. The fourth-order valence-electron chi connectivity index (χ4n) is 3.25. The molecule has 30 heavy (non-hydrogen) atoms. The minimum atomic E-state index is -0.446. The van der Waals surface area contributed by atoms with E-state index in [9.17, 15) is 9.59 Å². The molecule has 0 fully saturated rings. The second kappa shape index (κ2) is 8.43. The van der Waals surface area contributed by atoms with Gasteiger partial charge in [-0.25, -0.2) is 4.79 Å². The maximum Gasteiger partial charge on any atom is 0.336 e. The first-order chi connectivity index (χ1) is 14.5. The molecule has 0 bridgehead atoms. The lowest BCUT2D eigenvalue weighted by Gasteiger charge is -2.13. The summed E-state index contributed by atoms with van der Waals surface area (Å²) < 4.78 is 11.1. The standard InChI is InChI=1S/C24H18ClNO4/c1-15-21(29-14-22(27)26-20-10-6-5-9-19(20)25)12-11-17-18(13-23(28)30-24(15)17)16-7-3-2-4-8-16/h2-13H,14H2,1H3,(H,26,27). The number of hydrogen-bond donors (Lipinski definition) is 1. The monoisotopic (exact) mass is 419 g/mol. The van der Waals surface area contributed by atoms with Crippen LogP contribution in [-0.4, -0.2) is 12.5 Å². The Bertz CT molecular complexity index is 1280. The SMILES string of the molecule is Cc1c(OCC(=O)Nc2ccccc2Cl)ccc2c(-c3ccccc3)cc(=O)oc12. The molecule has 0 saturated carbocycles. The van der Waals surface area contributed by atoms with Crippen molar-refractivity contribution < 1.29 is 13.9 Å². The predicted molar refractivity (Wildman–Crippen MR) is 118 cm³/mol. The second-order valence-electron chi connectivity index (χ2n) is 6.73. The second-order valence-corrected chi connectivity index (χ2v) is 7.13. The quantitative estimate of drug-likeness (QED) is 0.437. The maximum absolute atomic E-state index is 12.2. The number of carbonyl (C=O) groups excluding carboxylic acids is 1. The van der Waals surface area contributed by atoms with Crippen molar-refractivity contribution in [2.45, 2.75) is 6.92 Å². The minimum Gasteiger partial charge on any atom is -0.483 e. The van der Waals surface area contributed by atoms with Crippen LogP contribution in [0.5, 0.6) is 5.75 Å². The van der Waals surface area contributed by atoms with Crippen LogP contribution in [0.15, 0.2) is 82.0 Å². The van der Waals surface area contributed by atoms with Gasteiger partial charge in [0.2, 0.25) is 0 Å². The van der Waals surface area contributed by atoms with Gasteiger partial charge in [0, 0.05) is 17.0 Å². The highest BCUT2D eigenvalue weighted by Gasteiger charge is 2.14. The Morgan fingerprint density at radius 1 is 1.03 bits per heavy atom. The van der Waals surface area contributed by atoms with Crippen LogP contribution >= 0.6 is 11.6 Å². The van der Waals surface area contributed by atoms with Gasteiger partial charge in [-0.15, -0.1) is 0 Å². The van der Waals surface area contributed by atoms with E-state index in [0.717, 1.165) is 16.5 Å². The van der Waals surface area contributed by atoms with E-state index >= 15 is 0 Å². The van der Waals surface area contributed by atoms with Gasteiger partial charge in [0.25, 0.3) is 5.91 Å². The van der Waals surface area contributed by atoms with E-state index in [-0.39, 0.29) is 12.5 Å². The van der Waals surface area contributed by atoms with Gasteiger partial charge in [0.05, 0.1) is 10.7 Å². The molecular weight excluding hydrogens is 402 g/mol. The third-order valence-electron chi connectivity index (χ3n) is 4.70. The first-order valence-corrected chi connectivity index (χ1v) is 9.71. The molecule has 3 aromatic carbocycles. The van der Waals surface area contributed by atoms with Gasteiger partial charge in [-0.05, 0) is 42.3 Å². The molecule has 0 atom stereocenters. The molecule has 0 aliphatic rings. The number of benzene rings is 3. The number of halogens is 1. The smallest absolute Gasteiger partial charge is 0.336 e. The van der Waals surface area contributed by atoms with Gasteiger partial charge in [0.15, 0.2) is 6.61 Å². The summed E-state index contributed by atoms with van der Waals surface area (Å²) >= 11 is 6.06. The third-order valence-corrected chi connectivity index (χ3v) is 5.03. The van der Waals surface area contributed by atoms with Crippen LogP contribution in [-0.2, 0) is 4.79 Å². The normalized spacial score (nSPS) is 10.7. The molecule has 4 rings (SSSR count). The number of anilines is 1. The van der Waals surface area contributed by atoms with Crippen LogP contribution in [0, 0.1) is 6.92 Å². The summed E-state index contributed by atoms with van der Waals surface area (Å²) in [5.41, 5.74) is 2.86. The molecular formula is C24H18ClNO4. The summed E-state index contributed by atoms with van der Waals surface area (Å²) in [5.74, 6) is 0.118. The molecule has 1 N–H and O–H groups in total. The summed E-state index contributed by atoms with van der Waals surface area (Å²) in [5, 5.41) is 3.95. The summed E-state index contributed by atoms with van der Waals surface area (Å²) in [4.78, 5) is 24.4. The number of ether oxygens (including phenoxy) is 1. The third kappa shape index (κ3) is 4.07. The van der Waals surface area contributed by atoms with Gasteiger partial charge in [0.1, 0.15) is 11.3 Å². The summed E-state index contributed by atoms with van der Waals surface area (Å²) in [6.07, 6.45) is 0. The molecule has 1 aromatic heterocycles. The number of para-hydroxylation sites is 1. The highest BCUT2D eigenvalue weighted by atomic mass is 35.5. The fraction of sp³-hybridized carbons (Fsp3) is 0.0833. The molecule has 1 amide bonds. The molecule has 0 spiro atoms. The van der Waals surface area contributed by atoms with Crippen molar-refractivity contribution in [2.24, 2.45) is 0 Å². The fourth-order valence-corrected chi connectivity index (χ4v) is 3.43. The van der Waals surface area contributed by atoms with Gasteiger partial charge >= 0.3 is 5.63 Å². The largest absolute Gasteiger partial charge is 0.483 e. The topological polar surface area (TPSA) is 68.5 Å². The van der Waals surface area contributed by atoms with Crippen molar-refractivity contribution in [3.8, 4) is 16.9 Å². The van der Waals surface area contributed by atoms with E-state index in [1.54, 1.807) is 37.3 Å². The Balaban J connectivity index is 1.60. The Kier molecular flexibility index (Phi) is 5.55. The molecule has 0 unspecified atom stereocenters. The van der Waals surface area contributed by atoms with Crippen LogP contribution in [0.4, 0.5) is 5.69 Å². The Hall–Kier alpha value is -3.57. The first kappa shape index (κ1) is 19.7. The summed E-state index contributed by atoms with van der Waals surface area (Å²) in [6.45, 7) is 1.58. The zero-order valence-corrected chi connectivity index (χ0v) is 16.9. The zero-order valence-electron chi connectivity index (χ0n) is 16.1. The van der Waals surface area contributed by atoms with Crippen molar-refractivity contribution in [1.29, 1.82) is 0 Å². The van der Waals surface area contributed by atoms with Crippen LogP contribution in [0.2, 0.25) is 5.02 Å². The highest BCUT2D eigenvalue weighted by Crippen LogP contribution is 2.33. The van der Waals surface area contributed by atoms with Crippen molar-refractivity contribution in [1.82, 2.24) is 0 Å². The van der Waals surface area contributed by atoms with Gasteiger partial charge < -0.3 is 14.5 Å². The summed E-state index contributed by atoms with van der Waals surface area (Å²) in [6, 6.07) is 21.7. The van der Waals surface area contributed by atoms with E-state index in [0.29, 0.717) is 27.6 Å². The van der Waals surface area contributed by atoms with Gasteiger partial charge in [-0.2, -0.15) is 0 Å². The molecule has 5 nitrogen and oxygen atoms in total. The number of aryl methyl sites for hydroxylation is 1. The van der Waals surface area contributed by atoms with E-state index in [1.165, 1.54) is 6.07 Å². The molecule has 0 aliphatic carbocycles. The number of carbonyl (C=O) groups is 1. The number of rotatable bonds is 5. The van der Waals surface area contributed by atoms with Crippen molar-refractivity contribution in [3.63, 3.8) is 0 Å². The van der Waals surface area contributed by atoms with E-state index in [4.69, 9.17) is 20.8 Å². The van der Waals surface area contributed by atoms with E-state index in [1.807, 2.05) is 36.4 Å². The van der Waals surface area contributed by atoms with Crippen molar-refractivity contribution in [3.05, 3.63) is 93.8 Å². The lowest BCUT2D eigenvalue weighted by molar-refractivity contribution is -0.118. The number of nitrogens with one attached hydrogen (secondary N) is 1. The lowest BCUT2D eigenvalue weighted by Crippen LogP contribution is -2.20. The average molecular weight is 420 g/mol. The Labute approximate surface area is 177 Å². The Morgan fingerprint density at radius 2 is 1.77 bits per heavy atom. The van der Waals surface area contributed by atoms with Crippen LogP contribution in [0.3, 0.4) is 0 Å².